The number of hydrogen-bond donors (Lipinski definition) is 1. The second-order valence-electron chi connectivity index (χ2n) is 8.48. The first-order valence-corrected chi connectivity index (χ1v) is 13.1. The number of allylic oxidation sites excluding steroid dienone is 2. The van der Waals surface area contributed by atoms with Crippen molar-refractivity contribution in [3.05, 3.63) is 106 Å². The van der Waals surface area contributed by atoms with Crippen molar-refractivity contribution in [1.29, 1.82) is 5.26 Å². The molecule has 2 aliphatic heterocycles. The van der Waals surface area contributed by atoms with Crippen molar-refractivity contribution in [2.24, 2.45) is 5.73 Å². The van der Waals surface area contributed by atoms with Gasteiger partial charge in [-0.15, -0.1) is 0 Å². The third kappa shape index (κ3) is 4.05. The lowest BCUT2D eigenvalue weighted by Gasteiger charge is -2.38. The molecule has 0 saturated heterocycles. The van der Waals surface area contributed by atoms with Crippen LogP contribution in [0.25, 0.3) is 5.76 Å². The van der Waals surface area contributed by atoms with Crippen molar-refractivity contribution in [2.45, 2.75) is 19.4 Å². The molecule has 188 valence electrons. The molecule has 3 aromatic carbocycles. The van der Waals surface area contributed by atoms with E-state index in [1.165, 1.54) is 11.4 Å². The first-order valence-electron chi connectivity index (χ1n) is 11.7. The molecule has 0 bridgehead atoms. The second-order valence-corrected chi connectivity index (χ2v) is 10.3. The van der Waals surface area contributed by atoms with E-state index >= 15 is 0 Å². The SMILES string of the molecule is CCOc1ccc([C@@H]2C(C#N)=C(N)OC3=C2S(=O)(=O)N(Cc2ccccc2)c2ccccc23)cc1OC. The molecule has 0 saturated carbocycles. The average molecular weight is 516 g/mol. The van der Waals surface area contributed by atoms with E-state index in [1.807, 2.05) is 37.3 Å². The quantitative estimate of drug-likeness (QED) is 0.509. The molecule has 0 spiro atoms. The highest BCUT2D eigenvalue weighted by Crippen LogP contribution is 2.52. The Morgan fingerprint density at radius 3 is 2.49 bits per heavy atom. The molecule has 3 aromatic rings. The Labute approximate surface area is 215 Å². The first kappa shape index (κ1) is 24.3. The van der Waals surface area contributed by atoms with E-state index in [4.69, 9.17) is 19.9 Å². The summed E-state index contributed by atoms with van der Waals surface area (Å²) in [4.78, 5) is -0.0425. The number of para-hydroxylation sites is 1. The zero-order chi connectivity index (χ0) is 26.2. The predicted octanol–water partition coefficient (Wildman–Crippen LogP) is 4.62. The third-order valence-corrected chi connectivity index (χ3v) is 8.23. The summed E-state index contributed by atoms with van der Waals surface area (Å²) in [6, 6.07) is 23.6. The highest BCUT2D eigenvalue weighted by Gasteiger charge is 2.47. The third-order valence-electron chi connectivity index (χ3n) is 6.35. The molecule has 0 radical (unpaired) electrons. The normalized spacial score (nSPS) is 17.9. The van der Waals surface area contributed by atoms with Gasteiger partial charge in [0, 0.05) is 5.56 Å². The minimum Gasteiger partial charge on any atom is -0.493 e. The van der Waals surface area contributed by atoms with Gasteiger partial charge in [0.1, 0.15) is 16.5 Å². The van der Waals surface area contributed by atoms with Crippen LogP contribution in [0, 0.1) is 11.3 Å². The second kappa shape index (κ2) is 9.56. The molecule has 2 heterocycles. The van der Waals surface area contributed by atoms with Gasteiger partial charge in [-0.1, -0.05) is 48.5 Å². The summed E-state index contributed by atoms with van der Waals surface area (Å²) in [5.74, 6) is -0.101. The predicted molar refractivity (Wildman–Crippen MR) is 140 cm³/mol. The Hall–Kier alpha value is -4.42. The Kier molecular flexibility index (Phi) is 6.27. The molecule has 0 unspecified atom stereocenters. The van der Waals surface area contributed by atoms with Gasteiger partial charge in [-0.2, -0.15) is 5.26 Å². The standard InChI is InChI=1S/C28H25N3O5S/c1-3-35-23-14-13-19(15-24(23)34-2)25-21(16-29)28(30)36-26-20-11-7-8-12-22(20)31(37(32,33)27(25)26)17-18-9-5-4-6-10-18/h4-15,25H,3,17,30H2,1-2H3/t25-/m1/s1. The van der Waals surface area contributed by atoms with Gasteiger partial charge >= 0.3 is 0 Å². The minimum absolute atomic E-state index is 0.00702. The van der Waals surface area contributed by atoms with Crippen LogP contribution in [0.2, 0.25) is 0 Å². The van der Waals surface area contributed by atoms with Crippen LogP contribution < -0.4 is 19.5 Å². The Morgan fingerprint density at radius 1 is 1.05 bits per heavy atom. The van der Waals surface area contributed by atoms with Crippen molar-refractivity contribution in [3.8, 4) is 17.6 Å². The molecule has 37 heavy (non-hydrogen) atoms. The molecule has 2 aliphatic rings. The van der Waals surface area contributed by atoms with E-state index in [-0.39, 0.29) is 28.7 Å². The summed E-state index contributed by atoms with van der Waals surface area (Å²) in [7, 11) is -2.66. The number of nitrogens with zero attached hydrogens (tertiary/aromatic N) is 2. The summed E-state index contributed by atoms with van der Waals surface area (Å²) < 4.78 is 47.1. The Bertz CT molecular complexity index is 1570. The lowest BCUT2D eigenvalue weighted by molar-refractivity contribution is 0.310. The number of nitriles is 1. The van der Waals surface area contributed by atoms with Gasteiger partial charge in [0.15, 0.2) is 17.3 Å². The van der Waals surface area contributed by atoms with Gasteiger partial charge in [-0.05, 0) is 42.3 Å². The number of hydrogen-bond acceptors (Lipinski definition) is 7. The summed E-state index contributed by atoms with van der Waals surface area (Å²) in [6.07, 6.45) is 0. The summed E-state index contributed by atoms with van der Waals surface area (Å²) in [5.41, 5.74) is 8.60. The largest absolute Gasteiger partial charge is 0.493 e. The number of ether oxygens (including phenoxy) is 3. The molecule has 5 rings (SSSR count). The van der Waals surface area contributed by atoms with E-state index in [2.05, 4.69) is 6.07 Å². The van der Waals surface area contributed by atoms with Crippen molar-refractivity contribution in [2.75, 3.05) is 18.0 Å². The maximum absolute atomic E-state index is 14.3. The topological polar surface area (TPSA) is 115 Å². The van der Waals surface area contributed by atoms with Crippen molar-refractivity contribution in [3.63, 3.8) is 0 Å². The first-order chi connectivity index (χ1) is 17.9. The van der Waals surface area contributed by atoms with E-state index in [9.17, 15) is 13.7 Å². The number of methoxy groups -OCH3 is 1. The molecule has 9 heteroatoms. The highest BCUT2D eigenvalue weighted by atomic mass is 32.2. The van der Waals surface area contributed by atoms with Crippen LogP contribution in [0.3, 0.4) is 0 Å². The highest BCUT2D eigenvalue weighted by molar-refractivity contribution is 7.96. The van der Waals surface area contributed by atoms with Crippen LogP contribution in [0.1, 0.15) is 29.5 Å². The van der Waals surface area contributed by atoms with Gasteiger partial charge in [0.2, 0.25) is 5.88 Å². The summed E-state index contributed by atoms with van der Waals surface area (Å²) >= 11 is 0. The molecule has 2 N–H and O–H groups in total. The van der Waals surface area contributed by atoms with Gasteiger partial charge < -0.3 is 19.9 Å². The van der Waals surface area contributed by atoms with Crippen LogP contribution in [0.4, 0.5) is 5.69 Å². The molecule has 8 nitrogen and oxygen atoms in total. The van der Waals surface area contributed by atoms with E-state index < -0.39 is 15.9 Å². The molecule has 0 aromatic heterocycles. The van der Waals surface area contributed by atoms with Gasteiger partial charge in [-0.25, -0.2) is 8.42 Å². The molecule has 0 aliphatic carbocycles. The molecule has 0 fully saturated rings. The average Bonchev–Trinajstić information content (AvgIpc) is 2.91. The zero-order valence-corrected chi connectivity index (χ0v) is 21.2. The summed E-state index contributed by atoms with van der Waals surface area (Å²) in [5, 5.41) is 10.1. The van der Waals surface area contributed by atoms with Crippen molar-refractivity contribution >= 4 is 21.5 Å². The Morgan fingerprint density at radius 2 is 1.78 bits per heavy atom. The number of nitrogens with two attached hydrogens (primary N) is 1. The summed E-state index contributed by atoms with van der Waals surface area (Å²) in [6.45, 7) is 2.39. The number of fused-ring (bicyclic) bond motifs is 2. The number of rotatable bonds is 6. The number of anilines is 1. The fourth-order valence-electron chi connectivity index (χ4n) is 4.70. The van der Waals surface area contributed by atoms with E-state index in [0.717, 1.165) is 5.56 Å². The van der Waals surface area contributed by atoms with E-state index in [0.29, 0.717) is 34.9 Å². The Balaban J connectivity index is 1.75. The minimum atomic E-state index is -4.16. The van der Waals surface area contributed by atoms with Crippen molar-refractivity contribution in [1.82, 2.24) is 0 Å². The van der Waals surface area contributed by atoms with Crippen LogP contribution in [-0.2, 0) is 21.3 Å². The zero-order valence-electron chi connectivity index (χ0n) is 20.3. The lowest BCUT2D eigenvalue weighted by Crippen LogP contribution is -2.39. The van der Waals surface area contributed by atoms with Crippen molar-refractivity contribution < 1.29 is 22.6 Å². The molecule has 1 atom stereocenters. The number of benzene rings is 3. The van der Waals surface area contributed by atoms with E-state index in [1.54, 1.807) is 42.5 Å². The molecular weight excluding hydrogens is 490 g/mol. The maximum Gasteiger partial charge on any atom is 0.265 e. The molecule has 0 amide bonds. The molecular formula is C28H25N3O5S. The maximum atomic E-state index is 14.3. The van der Waals surface area contributed by atoms with Gasteiger partial charge in [0.25, 0.3) is 10.0 Å². The van der Waals surface area contributed by atoms with Gasteiger partial charge in [0.05, 0.1) is 31.9 Å². The van der Waals surface area contributed by atoms with Crippen LogP contribution in [-0.4, -0.2) is 22.1 Å². The van der Waals surface area contributed by atoms with Crippen LogP contribution in [0.5, 0.6) is 11.5 Å². The van der Waals surface area contributed by atoms with Gasteiger partial charge in [-0.3, -0.25) is 4.31 Å². The van der Waals surface area contributed by atoms with Crippen LogP contribution >= 0.6 is 0 Å². The fraction of sp³-hybridized carbons (Fsp3) is 0.179. The number of sulfonamides is 1. The van der Waals surface area contributed by atoms with Crippen LogP contribution in [0.15, 0.2) is 89.2 Å². The smallest absolute Gasteiger partial charge is 0.265 e. The lowest BCUT2D eigenvalue weighted by atomic mass is 9.88. The monoisotopic (exact) mass is 515 g/mol. The fourth-order valence-corrected chi connectivity index (χ4v) is 6.61.